The van der Waals surface area contributed by atoms with Crippen LogP contribution in [0.1, 0.15) is 21.5 Å². The van der Waals surface area contributed by atoms with E-state index in [2.05, 4.69) is 47.7 Å². The largest absolute Gasteiger partial charge is 0.481 e. The van der Waals surface area contributed by atoms with Gasteiger partial charge in [-0.05, 0) is 98.4 Å². The van der Waals surface area contributed by atoms with Gasteiger partial charge in [0, 0.05) is 21.3 Å². The molecule has 0 fully saturated rings. The molecule has 0 spiro atoms. The summed E-state index contributed by atoms with van der Waals surface area (Å²) in [4.78, 5) is 24.3. The molecule has 0 aliphatic carbocycles. The Morgan fingerprint density at radius 3 is 2.33 bits per heavy atom. The summed E-state index contributed by atoms with van der Waals surface area (Å²) in [7, 11) is 0. The van der Waals surface area contributed by atoms with E-state index in [0.717, 1.165) is 5.56 Å². The van der Waals surface area contributed by atoms with Gasteiger partial charge in [0.15, 0.2) is 6.61 Å². The van der Waals surface area contributed by atoms with Gasteiger partial charge in [0.1, 0.15) is 5.75 Å². The number of ether oxygens (including phenoxy) is 1. The van der Waals surface area contributed by atoms with Crippen LogP contribution in [0.15, 0.2) is 68.6 Å². The maximum absolute atomic E-state index is 12.2. The molecule has 0 heterocycles. The van der Waals surface area contributed by atoms with Gasteiger partial charge < -0.3 is 10.1 Å². The molecule has 3 aromatic carbocycles. The van der Waals surface area contributed by atoms with Crippen LogP contribution < -0.4 is 15.5 Å². The van der Waals surface area contributed by atoms with Crippen molar-refractivity contribution in [2.75, 3.05) is 11.9 Å². The first-order valence-corrected chi connectivity index (χ1v) is 11.8. The van der Waals surface area contributed by atoms with E-state index in [1.807, 2.05) is 13.0 Å². The monoisotopic (exact) mass is 611 g/mol. The van der Waals surface area contributed by atoms with E-state index < -0.39 is 0 Å². The predicted octanol–water partition coefficient (Wildman–Crippen LogP) is 6.61. The Morgan fingerprint density at radius 1 is 1.03 bits per heavy atom. The summed E-state index contributed by atoms with van der Waals surface area (Å²) in [5.74, 6) is -0.236. The molecular weight excluding hydrogens is 597 g/mol. The van der Waals surface area contributed by atoms with Crippen LogP contribution in [0.4, 0.5) is 5.69 Å². The van der Waals surface area contributed by atoms with E-state index in [-0.39, 0.29) is 18.4 Å². The summed E-state index contributed by atoms with van der Waals surface area (Å²) in [5, 5.41) is 7.83. The number of amides is 2. The lowest BCUT2D eigenvalue weighted by atomic mass is 10.2. The lowest BCUT2D eigenvalue weighted by molar-refractivity contribution is -0.118. The summed E-state index contributed by atoms with van der Waals surface area (Å²) in [5.41, 5.74) is 5.09. The molecule has 0 bridgehead atoms. The number of hydrogen-bond donors (Lipinski definition) is 2. The van der Waals surface area contributed by atoms with Crippen molar-refractivity contribution in [1.29, 1.82) is 0 Å². The number of halogens is 4. The number of carbonyl (C=O) groups is 2. The highest BCUT2D eigenvalue weighted by molar-refractivity contribution is 9.11. The zero-order valence-corrected chi connectivity index (χ0v) is 21.8. The van der Waals surface area contributed by atoms with Crippen LogP contribution in [-0.4, -0.2) is 24.6 Å². The molecule has 2 N–H and O–H groups in total. The number of hydrazone groups is 1. The quantitative estimate of drug-likeness (QED) is 0.233. The maximum Gasteiger partial charge on any atom is 0.271 e. The van der Waals surface area contributed by atoms with Gasteiger partial charge in [-0.25, -0.2) is 5.43 Å². The number of rotatable bonds is 7. The van der Waals surface area contributed by atoms with Crippen molar-refractivity contribution in [2.45, 2.75) is 6.92 Å². The van der Waals surface area contributed by atoms with Gasteiger partial charge in [-0.1, -0.05) is 29.3 Å². The number of anilines is 1. The lowest BCUT2D eigenvalue weighted by Crippen LogP contribution is -2.20. The minimum Gasteiger partial charge on any atom is -0.481 e. The number of nitrogens with one attached hydrogen (secondary N) is 2. The minimum absolute atomic E-state index is 0.201. The molecule has 0 atom stereocenters. The average Bonchev–Trinajstić information content (AvgIpc) is 2.76. The molecule has 170 valence electrons. The predicted molar refractivity (Wildman–Crippen MR) is 139 cm³/mol. The molecule has 33 heavy (non-hydrogen) atoms. The minimum atomic E-state index is -0.359. The Labute approximate surface area is 217 Å². The van der Waals surface area contributed by atoms with Crippen molar-refractivity contribution in [3.05, 3.63) is 90.3 Å². The zero-order chi connectivity index (χ0) is 24.0. The highest BCUT2D eigenvalue weighted by Crippen LogP contribution is 2.34. The van der Waals surface area contributed by atoms with Crippen molar-refractivity contribution in [2.24, 2.45) is 5.10 Å². The molecule has 0 unspecified atom stereocenters. The van der Waals surface area contributed by atoms with Crippen LogP contribution in [0.25, 0.3) is 0 Å². The average molecular weight is 614 g/mol. The second-order valence-corrected chi connectivity index (χ2v) is 9.37. The van der Waals surface area contributed by atoms with Crippen molar-refractivity contribution >= 4 is 78.8 Å². The van der Waals surface area contributed by atoms with Crippen molar-refractivity contribution < 1.29 is 14.3 Å². The SMILES string of the molecule is Cc1ccc(NC(=O)COc2c(Br)cc(/C=N/NC(=O)c3ccc(Cl)cc3)cc2Br)cc1Cl. The fourth-order valence-corrected chi connectivity index (χ4v) is 4.39. The fraction of sp³-hybridized carbons (Fsp3) is 0.0870. The van der Waals surface area contributed by atoms with Gasteiger partial charge in [-0.2, -0.15) is 5.10 Å². The third kappa shape index (κ3) is 7.30. The van der Waals surface area contributed by atoms with Crippen LogP contribution in [0.2, 0.25) is 10.0 Å². The molecule has 0 saturated heterocycles. The lowest BCUT2D eigenvalue weighted by Gasteiger charge is -2.12. The van der Waals surface area contributed by atoms with Crippen molar-refractivity contribution in [3.8, 4) is 5.75 Å². The molecule has 10 heteroatoms. The summed E-state index contributed by atoms with van der Waals surface area (Å²) in [6, 6.07) is 15.2. The van der Waals surface area contributed by atoms with Gasteiger partial charge in [0.05, 0.1) is 15.2 Å². The highest BCUT2D eigenvalue weighted by Gasteiger charge is 2.12. The van der Waals surface area contributed by atoms with Gasteiger partial charge >= 0.3 is 0 Å². The standard InChI is InChI=1S/C23H17Br2Cl2N3O3/c1-13-2-7-17(10-20(13)27)29-21(31)12-33-22-18(24)8-14(9-19(22)25)11-28-30-23(32)15-3-5-16(26)6-4-15/h2-11H,12H2,1H3,(H,29,31)(H,30,32)/b28-11+. The van der Waals surface area contributed by atoms with E-state index in [9.17, 15) is 9.59 Å². The molecular formula is C23H17Br2Cl2N3O3. The number of carbonyl (C=O) groups excluding carboxylic acids is 2. The number of aryl methyl sites for hydroxylation is 1. The van der Waals surface area contributed by atoms with Crippen LogP contribution in [-0.2, 0) is 4.79 Å². The molecule has 3 rings (SSSR count). The molecule has 0 aromatic heterocycles. The number of hydrogen-bond acceptors (Lipinski definition) is 4. The zero-order valence-electron chi connectivity index (χ0n) is 17.2. The fourth-order valence-electron chi connectivity index (χ4n) is 2.63. The molecule has 0 aliphatic rings. The smallest absolute Gasteiger partial charge is 0.271 e. The van der Waals surface area contributed by atoms with Gasteiger partial charge in [-0.3, -0.25) is 9.59 Å². The normalized spacial score (nSPS) is 10.8. The molecule has 6 nitrogen and oxygen atoms in total. The highest BCUT2D eigenvalue weighted by atomic mass is 79.9. The van der Waals surface area contributed by atoms with E-state index in [1.54, 1.807) is 48.5 Å². The molecule has 2 amide bonds. The first kappa shape index (κ1) is 25.2. The van der Waals surface area contributed by atoms with Crippen molar-refractivity contribution in [3.63, 3.8) is 0 Å². The molecule has 0 saturated carbocycles. The summed E-state index contributed by atoms with van der Waals surface area (Å²) >= 11 is 18.8. The van der Waals surface area contributed by atoms with Crippen LogP contribution in [0.5, 0.6) is 5.75 Å². The summed E-state index contributed by atoms with van der Waals surface area (Å²) in [6.07, 6.45) is 1.49. The topological polar surface area (TPSA) is 79.8 Å². The summed E-state index contributed by atoms with van der Waals surface area (Å²) < 4.78 is 6.87. The third-order valence-corrected chi connectivity index (χ3v) is 6.15. The van der Waals surface area contributed by atoms with Crippen LogP contribution in [0.3, 0.4) is 0 Å². The third-order valence-electron chi connectivity index (χ3n) is 4.31. The first-order chi connectivity index (χ1) is 15.7. The Balaban J connectivity index is 1.58. The first-order valence-electron chi connectivity index (χ1n) is 9.50. The van der Waals surface area contributed by atoms with E-state index in [1.165, 1.54) is 6.21 Å². The van der Waals surface area contributed by atoms with Gasteiger partial charge in [0.2, 0.25) is 0 Å². The molecule has 0 aliphatic heterocycles. The van der Waals surface area contributed by atoms with E-state index in [4.69, 9.17) is 27.9 Å². The Kier molecular flexibility index (Phi) is 8.91. The van der Waals surface area contributed by atoms with Crippen molar-refractivity contribution in [1.82, 2.24) is 5.43 Å². The maximum atomic E-state index is 12.2. The molecule has 0 radical (unpaired) electrons. The Morgan fingerprint density at radius 2 is 1.70 bits per heavy atom. The summed E-state index contributed by atoms with van der Waals surface area (Å²) in [6.45, 7) is 1.68. The number of nitrogens with zero attached hydrogens (tertiary/aromatic N) is 1. The van der Waals surface area contributed by atoms with Gasteiger partial charge in [-0.15, -0.1) is 0 Å². The van der Waals surface area contributed by atoms with Crippen LogP contribution >= 0.6 is 55.1 Å². The Hall–Kier alpha value is -2.39. The second kappa shape index (κ2) is 11.7. The Bertz CT molecular complexity index is 1200. The van der Waals surface area contributed by atoms with Gasteiger partial charge in [0.25, 0.3) is 11.8 Å². The van der Waals surface area contributed by atoms with Crippen LogP contribution in [0, 0.1) is 6.92 Å². The van der Waals surface area contributed by atoms with E-state index in [0.29, 0.717) is 41.6 Å². The van der Waals surface area contributed by atoms with E-state index >= 15 is 0 Å². The number of benzene rings is 3. The second-order valence-electron chi connectivity index (χ2n) is 6.82. The molecule has 3 aromatic rings.